The van der Waals surface area contributed by atoms with E-state index in [2.05, 4.69) is 5.10 Å². The third-order valence-electron chi connectivity index (χ3n) is 5.17. The van der Waals surface area contributed by atoms with Crippen LogP contribution in [0.3, 0.4) is 0 Å². The molecular weight excluding hydrogens is 330 g/mol. The number of rotatable bonds is 4. The van der Waals surface area contributed by atoms with Gasteiger partial charge in [0.15, 0.2) is 0 Å². The Morgan fingerprint density at radius 2 is 2.12 bits per heavy atom. The van der Waals surface area contributed by atoms with Crippen molar-refractivity contribution in [1.29, 1.82) is 0 Å². The molecule has 6 heteroatoms. The number of benzene rings is 1. The molecule has 1 aromatic heterocycles. The Balaban J connectivity index is 1.84. The number of hydrogen-bond acceptors (Lipinski definition) is 4. The fourth-order valence-electron chi connectivity index (χ4n) is 3.66. The first kappa shape index (κ1) is 18.5. The van der Waals surface area contributed by atoms with Gasteiger partial charge in [-0.1, -0.05) is 12.1 Å². The first-order valence-corrected chi connectivity index (χ1v) is 8.93. The van der Waals surface area contributed by atoms with Gasteiger partial charge >= 0.3 is 0 Å². The summed E-state index contributed by atoms with van der Waals surface area (Å²) in [6.07, 6.45) is 0.353. The molecule has 0 saturated carbocycles. The van der Waals surface area contributed by atoms with Gasteiger partial charge in [-0.2, -0.15) is 5.10 Å². The second kappa shape index (κ2) is 7.50. The standard InChI is InChI=1S/C20H27N3O3/c1-13-6-7-16(10-18(13)25-5)11-19(24)23-8-9-26-12-17(23)20-14(2)21-22(4)15(20)3/h6-7,10,17H,8-9,11-12H2,1-5H3/t17-/m1/s1. The molecule has 0 aliphatic carbocycles. The molecule has 1 fully saturated rings. The van der Waals surface area contributed by atoms with E-state index in [1.54, 1.807) is 7.11 Å². The summed E-state index contributed by atoms with van der Waals surface area (Å²) in [6.45, 7) is 7.70. The van der Waals surface area contributed by atoms with Gasteiger partial charge in [-0.05, 0) is 38.0 Å². The Kier molecular flexibility index (Phi) is 5.32. The zero-order chi connectivity index (χ0) is 18.8. The number of amides is 1. The molecule has 26 heavy (non-hydrogen) atoms. The maximum atomic E-state index is 13.1. The largest absolute Gasteiger partial charge is 0.496 e. The van der Waals surface area contributed by atoms with Gasteiger partial charge in [0.2, 0.25) is 5.91 Å². The summed E-state index contributed by atoms with van der Waals surface area (Å²) in [7, 11) is 3.58. The second-order valence-corrected chi connectivity index (χ2v) is 6.87. The minimum atomic E-state index is -0.0858. The van der Waals surface area contributed by atoms with Crippen molar-refractivity contribution in [2.45, 2.75) is 33.2 Å². The molecule has 1 aliphatic rings. The Morgan fingerprint density at radius 3 is 2.77 bits per heavy atom. The number of carbonyl (C=O) groups is 1. The average Bonchev–Trinajstić information content (AvgIpc) is 2.88. The summed E-state index contributed by atoms with van der Waals surface area (Å²) < 4.78 is 12.9. The number of hydrogen-bond donors (Lipinski definition) is 0. The van der Waals surface area contributed by atoms with E-state index in [-0.39, 0.29) is 11.9 Å². The number of aryl methyl sites for hydroxylation is 3. The van der Waals surface area contributed by atoms with E-state index in [1.165, 1.54) is 0 Å². The fraction of sp³-hybridized carbons (Fsp3) is 0.500. The van der Waals surface area contributed by atoms with E-state index in [1.807, 2.05) is 55.6 Å². The first-order chi connectivity index (χ1) is 12.4. The van der Waals surface area contributed by atoms with Crippen LogP contribution in [-0.4, -0.2) is 47.5 Å². The third kappa shape index (κ3) is 3.46. The van der Waals surface area contributed by atoms with Crippen LogP contribution in [0.15, 0.2) is 18.2 Å². The molecule has 1 atom stereocenters. The van der Waals surface area contributed by atoms with E-state index in [9.17, 15) is 4.79 Å². The number of ether oxygens (including phenoxy) is 2. The number of carbonyl (C=O) groups excluding carboxylic acids is 1. The van der Waals surface area contributed by atoms with Crippen LogP contribution in [0.25, 0.3) is 0 Å². The summed E-state index contributed by atoms with van der Waals surface area (Å²) in [6, 6.07) is 5.85. The van der Waals surface area contributed by atoms with Crippen molar-refractivity contribution in [3.63, 3.8) is 0 Å². The number of morpholine rings is 1. The number of aromatic nitrogens is 2. The molecule has 3 rings (SSSR count). The Hall–Kier alpha value is -2.34. The lowest BCUT2D eigenvalue weighted by molar-refractivity contribution is -0.139. The summed E-state index contributed by atoms with van der Waals surface area (Å²) in [4.78, 5) is 15.0. The van der Waals surface area contributed by atoms with Gasteiger partial charge in [-0.25, -0.2) is 0 Å². The quantitative estimate of drug-likeness (QED) is 0.844. The van der Waals surface area contributed by atoms with Crippen molar-refractivity contribution >= 4 is 5.91 Å². The van der Waals surface area contributed by atoms with Crippen LogP contribution in [0.4, 0.5) is 0 Å². The first-order valence-electron chi connectivity index (χ1n) is 8.93. The van der Waals surface area contributed by atoms with Crippen molar-refractivity contribution in [2.75, 3.05) is 26.9 Å². The summed E-state index contributed by atoms with van der Waals surface area (Å²) in [5.74, 6) is 0.916. The van der Waals surface area contributed by atoms with Gasteiger partial charge in [0.25, 0.3) is 0 Å². The van der Waals surface area contributed by atoms with Gasteiger partial charge in [0, 0.05) is 24.8 Å². The average molecular weight is 357 g/mol. The van der Waals surface area contributed by atoms with Gasteiger partial charge in [-0.3, -0.25) is 9.48 Å². The summed E-state index contributed by atoms with van der Waals surface area (Å²) in [5.41, 5.74) is 5.15. The molecular formula is C20H27N3O3. The molecule has 1 aliphatic heterocycles. The fourth-order valence-corrected chi connectivity index (χ4v) is 3.66. The van der Waals surface area contributed by atoms with Crippen LogP contribution >= 0.6 is 0 Å². The van der Waals surface area contributed by atoms with E-state index < -0.39 is 0 Å². The molecule has 140 valence electrons. The van der Waals surface area contributed by atoms with Crippen molar-refractivity contribution < 1.29 is 14.3 Å². The monoisotopic (exact) mass is 357 g/mol. The molecule has 6 nitrogen and oxygen atoms in total. The van der Waals surface area contributed by atoms with Crippen molar-refractivity contribution in [2.24, 2.45) is 7.05 Å². The van der Waals surface area contributed by atoms with Crippen LogP contribution in [0.2, 0.25) is 0 Å². The van der Waals surface area contributed by atoms with Crippen LogP contribution in [0.5, 0.6) is 5.75 Å². The van der Waals surface area contributed by atoms with Crippen LogP contribution in [0, 0.1) is 20.8 Å². The Labute approximate surface area is 154 Å². The Bertz CT molecular complexity index is 813. The molecule has 0 bridgehead atoms. The molecule has 1 saturated heterocycles. The van der Waals surface area contributed by atoms with Gasteiger partial charge < -0.3 is 14.4 Å². The van der Waals surface area contributed by atoms with Crippen LogP contribution in [-0.2, 0) is 23.0 Å². The van der Waals surface area contributed by atoms with E-state index >= 15 is 0 Å². The van der Waals surface area contributed by atoms with Crippen molar-refractivity contribution in [3.05, 3.63) is 46.3 Å². The van der Waals surface area contributed by atoms with E-state index in [0.717, 1.165) is 33.8 Å². The van der Waals surface area contributed by atoms with Gasteiger partial charge in [0.05, 0.1) is 38.5 Å². The number of nitrogens with zero attached hydrogens (tertiary/aromatic N) is 3. The molecule has 2 aromatic rings. The molecule has 2 heterocycles. The lowest BCUT2D eigenvalue weighted by atomic mass is 10.0. The molecule has 0 unspecified atom stereocenters. The minimum Gasteiger partial charge on any atom is -0.496 e. The van der Waals surface area contributed by atoms with Gasteiger partial charge in [0.1, 0.15) is 5.75 Å². The molecule has 0 spiro atoms. The minimum absolute atomic E-state index is 0.0858. The SMILES string of the molecule is COc1cc(CC(=O)N2CCOC[C@@H]2c2c(C)nn(C)c2C)ccc1C. The van der Waals surface area contributed by atoms with Crippen LogP contribution in [0.1, 0.15) is 34.1 Å². The molecule has 0 N–H and O–H groups in total. The highest BCUT2D eigenvalue weighted by Crippen LogP contribution is 2.30. The zero-order valence-electron chi connectivity index (χ0n) is 16.2. The lowest BCUT2D eigenvalue weighted by Crippen LogP contribution is -2.44. The number of methoxy groups -OCH3 is 1. The van der Waals surface area contributed by atoms with Crippen molar-refractivity contribution in [1.82, 2.24) is 14.7 Å². The smallest absolute Gasteiger partial charge is 0.227 e. The summed E-state index contributed by atoms with van der Waals surface area (Å²) in [5, 5.41) is 4.50. The topological polar surface area (TPSA) is 56.6 Å². The third-order valence-corrected chi connectivity index (χ3v) is 5.17. The highest BCUT2D eigenvalue weighted by molar-refractivity contribution is 5.79. The molecule has 0 radical (unpaired) electrons. The van der Waals surface area contributed by atoms with Gasteiger partial charge in [-0.15, -0.1) is 0 Å². The van der Waals surface area contributed by atoms with Crippen LogP contribution < -0.4 is 4.74 Å². The predicted molar refractivity (Wildman–Crippen MR) is 99.4 cm³/mol. The van der Waals surface area contributed by atoms with Crippen molar-refractivity contribution in [3.8, 4) is 5.75 Å². The van der Waals surface area contributed by atoms with E-state index in [0.29, 0.717) is 26.2 Å². The summed E-state index contributed by atoms with van der Waals surface area (Å²) >= 11 is 0. The normalized spacial score (nSPS) is 17.4. The lowest BCUT2D eigenvalue weighted by Gasteiger charge is -2.36. The highest BCUT2D eigenvalue weighted by atomic mass is 16.5. The predicted octanol–water partition coefficient (Wildman–Crippen LogP) is 2.50. The second-order valence-electron chi connectivity index (χ2n) is 6.87. The molecule has 1 amide bonds. The highest BCUT2D eigenvalue weighted by Gasteiger charge is 2.32. The maximum Gasteiger partial charge on any atom is 0.227 e. The zero-order valence-corrected chi connectivity index (χ0v) is 16.2. The molecule has 1 aromatic carbocycles. The maximum absolute atomic E-state index is 13.1. The van der Waals surface area contributed by atoms with E-state index in [4.69, 9.17) is 9.47 Å². The Morgan fingerprint density at radius 1 is 1.35 bits per heavy atom.